The lowest BCUT2D eigenvalue weighted by molar-refractivity contribution is -0.136. The largest absolute Gasteiger partial charge is 0.481 e. The molecule has 0 saturated carbocycles. The predicted octanol–water partition coefficient (Wildman–Crippen LogP) is 2.48. The molecule has 0 fully saturated rings. The molecular weight excluding hydrogens is 224 g/mol. The monoisotopic (exact) mass is 240 g/mol. The van der Waals surface area contributed by atoms with Gasteiger partial charge in [0.05, 0.1) is 11.4 Å². The SMILES string of the molecule is Cc1cc(SCCC(=O)O)nc(C(C)C)n1. The standard InChI is InChI=1S/C11H16N2O2S/c1-7(2)11-12-8(3)6-9(13-11)16-5-4-10(14)15/h6-7H,4-5H2,1-3H3,(H,14,15). The van der Waals surface area contributed by atoms with E-state index in [9.17, 15) is 4.79 Å². The van der Waals surface area contributed by atoms with Gasteiger partial charge in [-0.25, -0.2) is 9.97 Å². The molecule has 88 valence electrons. The van der Waals surface area contributed by atoms with Crippen LogP contribution in [0.5, 0.6) is 0 Å². The third-order valence-electron chi connectivity index (χ3n) is 1.93. The lowest BCUT2D eigenvalue weighted by Crippen LogP contribution is -2.01. The summed E-state index contributed by atoms with van der Waals surface area (Å²) in [5.41, 5.74) is 0.927. The van der Waals surface area contributed by atoms with E-state index in [0.29, 0.717) is 11.7 Å². The molecule has 0 aromatic carbocycles. The van der Waals surface area contributed by atoms with Crippen molar-refractivity contribution in [3.8, 4) is 0 Å². The molecule has 0 unspecified atom stereocenters. The van der Waals surface area contributed by atoms with Crippen molar-refractivity contribution >= 4 is 17.7 Å². The number of hydrogen-bond acceptors (Lipinski definition) is 4. The molecule has 0 aliphatic carbocycles. The van der Waals surface area contributed by atoms with E-state index in [1.54, 1.807) is 0 Å². The maximum atomic E-state index is 10.4. The molecule has 0 aliphatic rings. The van der Waals surface area contributed by atoms with Crippen molar-refractivity contribution in [1.82, 2.24) is 9.97 Å². The minimum Gasteiger partial charge on any atom is -0.481 e. The molecule has 1 rings (SSSR count). The Bertz CT molecular complexity index is 380. The zero-order valence-electron chi connectivity index (χ0n) is 9.73. The van der Waals surface area contributed by atoms with E-state index in [4.69, 9.17) is 5.11 Å². The van der Waals surface area contributed by atoms with Gasteiger partial charge in [-0.05, 0) is 13.0 Å². The van der Waals surface area contributed by atoms with E-state index < -0.39 is 5.97 Å². The summed E-state index contributed by atoms with van der Waals surface area (Å²) in [6, 6.07) is 1.89. The van der Waals surface area contributed by atoms with Gasteiger partial charge in [0.15, 0.2) is 0 Å². The van der Waals surface area contributed by atoms with Crippen LogP contribution in [0.15, 0.2) is 11.1 Å². The molecule has 5 heteroatoms. The molecule has 0 spiro atoms. The van der Waals surface area contributed by atoms with Gasteiger partial charge in [0.25, 0.3) is 0 Å². The topological polar surface area (TPSA) is 63.1 Å². The Balaban J connectivity index is 2.69. The highest BCUT2D eigenvalue weighted by Crippen LogP contribution is 2.19. The molecule has 1 aromatic heterocycles. The summed E-state index contributed by atoms with van der Waals surface area (Å²) < 4.78 is 0. The van der Waals surface area contributed by atoms with Crippen LogP contribution in [-0.4, -0.2) is 26.8 Å². The summed E-state index contributed by atoms with van der Waals surface area (Å²) in [5, 5.41) is 9.40. The maximum Gasteiger partial charge on any atom is 0.304 e. The van der Waals surface area contributed by atoms with Crippen LogP contribution in [0.4, 0.5) is 0 Å². The number of aromatic nitrogens is 2. The van der Waals surface area contributed by atoms with Crippen LogP contribution in [0.1, 0.15) is 37.7 Å². The van der Waals surface area contributed by atoms with Gasteiger partial charge >= 0.3 is 5.97 Å². The summed E-state index contributed by atoms with van der Waals surface area (Å²) in [5.74, 6) is 0.877. The van der Waals surface area contributed by atoms with Gasteiger partial charge in [-0.15, -0.1) is 11.8 Å². The maximum absolute atomic E-state index is 10.4. The van der Waals surface area contributed by atoms with Crippen molar-refractivity contribution in [3.63, 3.8) is 0 Å². The third-order valence-corrected chi connectivity index (χ3v) is 2.84. The average Bonchev–Trinajstić information content (AvgIpc) is 2.16. The van der Waals surface area contributed by atoms with Gasteiger partial charge in [0, 0.05) is 17.4 Å². The molecule has 0 amide bonds. The molecular formula is C11H16N2O2S. The van der Waals surface area contributed by atoms with Crippen molar-refractivity contribution in [2.75, 3.05) is 5.75 Å². The zero-order chi connectivity index (χ0) is 12.1. The van der Waals surface area contributed by atoms with Crippen molar-refractivity contribution in [3.05, 3.63) is 17.6 Å². The molecule has 0 aliphatic heterocycles. The highest BCUT2D eigenvalue weighted by molar-refractivity contribution is 7.99. The fourth-order valence-electron chi connectivity index (χ4n) is 1.14. The molecule has 4 nitrogen and oxygen atoms in total. The number of aliphatic carboxylic acids is 1. The number of carboxylic acids is 1. The number of carboxylic acid groups (broad SMARTS) is 1. The minimum absolute atomic E-state index is 0.157. The van der Waals surface area contributed by atoms with Crippen LogP contribution in [0, 0.1) is 6.92 Å². The first-order chi connectivity index (χ1) is 7.49. The van der Waals surface area contributed by atoms with Crippen LogP contribution < -0.4 is 0 Å². The Labute approximate surface area is 99.5 Å². The molecule has 0 saturated heterocycles. The van der Waals surface area contributed by atoms with Crippen molar-refractivity contribution < 1.29 is 9.90 Å². The number of thioether (sulfide) groups is 1. The van der Waals surface area contributed by atoms with Gasteiger partial charge in [0.2, 0.25) is 0 Å². The quantitative estimate of drug-likeness (QED) is 0.632. The second-order valence-corrected chi connectivity index (χ2v) is 4.97. The second kappa shape index (κ2) is 5.84. The van der Waals surface area contributed by atoms with E-state index in [0.717, 1.165) is 16.5 Å². The number of hydrogen-bond donors (Lipinski definition) is 1. The van der Waals surface area contributed by atoms with Gasteiger partial charge in [-0.2, -0.15) is 0 Å². The zero-order valence-corrected chi connectivity index (χ0v) is 10.5. The molecule has 16 heavy (non-hydrogen) atoms. The highest BCUT2D eigenvalue weighted by atomic mass is 32.2. The lowest BCUT2D eigenvalue weighted by Gasteiger charge is -2.07. The van der Waals surface area contributed by atoms with Gasteiger partial charge in [-0.3, -0.25) is 4.79 Å². The average molecular weight is 240 g/mol. The highest BCUT2D eigenvalue weighted by Gasteiger charge is 2.07. The Morgan fingerprint density at radius 2 is 2.19 bits per heavy atom. The number of nitrogens with zero attached hydrogens (tertiary/aromatic N) is 2. The minimum atomic E-state index is -0.776. The Morgan fingerprint density at radius 3 is 2.75 bits per heavy atom. The van der Waals surface area contributed by atoms with E-state index >= 15 is 0 Å². The van der Waals surface area contributed by atoms with Crippen LogP contribution in [-0.2, 0) is 4.79 Å². The first-order valence-corrected chi connectivity index (χ1v) is 6.17. The van der Waals surface area contributed by atoms with Crippen molar-refractivity contribution in [2.45, 2.75) is 38.1 Å². The molecule has 0 bridgehead atoms. The molecule has 1 N–H and O–H groups in total. The van der Waals surface area contributed by atoms with Crippen molar-refractivity contribution in [2.24, 2.45) is 0 Å². The van der Waals surface area contributed by atoms with Crippen molar-refractivity contribution in [1.29, 1.82) is 0 Å². The normalized spacial score (nSPS) is 10.8. The van der Waals surface area contributed by atoms with Crippen LogP contribution in [0.2, 0.25) is 0 Å². The van der Waals surface area contributed by atoms with Gasteiger partial charge in [0.1, 0.15) is 5.82 Å². The van der Waals surface area contributed by atoms with E-state index in [1.165, 1.54) is 11.8 Å². The Morgan fingerprint density at radius 1 is 1.50 bits per heavy atom. The first kappa shape index (κ1) is 13.0. The van der Waals surface area contributed by atoms with Crippen LogP contribution >= 0.6 is 11.8 Å². The molecule has 1 aromatic rings. The summed E-state index contributed by atoms with van der Waals surface area (Å²) in [4.78, 5) is 19.1. The lowest BCUT2D eigenvalue weighted by atomic mass is 10.2. The van der Waals surface area contributed by atoms with Gasteiger partial charge < -0.3 is 5.11 Å². The van der Waals surface area contributed by atoms with Crippen LogP contribution in [0.25, 0.3) is 0 Å². The second-order valence-electron chi connectivity index (χ2n) is 3.85. The smallest absolute Gasteiger partial charge is 0.304 e. The van der Waals surface area contributed by atoms with Gasteiger partial charge in [-0.1, -0.05) is 13.8 Å². The summed E-state index contributed by atoms with van der Waals surface area (Å²) in [7, 11) is 0. The summed E-state index contributed by atoms with van der Waals surface area (Å²) >= 11 is 1.46. The molecule has 0 radical (unpaired) electrons. The third kappa shape index (κ3) is 4.18. The first-order valence-electron chi connectivity index (χ1n) is 5.19. The summed E-state index contributed by atoms with van der Waals surface area (Å²) in [6.45, 7) is 6.01. The fraction of sp³-hybridized carbons (Fsp3) is 0.545. The van der Waals surface area contributed by atoms with Crippen LogP contribution in [0.3, 0.4) is 0 Å². The molecule has 1 heterocycles. The number of carbonyl (C=O) groups is 1. The number of aryl methyl sites for hydroxylation is 1. The Kier molecular flexibility index (Phi) is 4.73. The summed E-state index contributed by atoms with van der Waals surface area (Å²) in [6.07, 6.45) is 0.157. The van der Waals surface area contributed by atoms with E-state index in [1.807, 2.05) is 26.8 Å². The number of rotatable bonds is 5. The molecule has 0 atom stereocenters. The Hall–Kier alpha value is -1.10. The van der Waals surface area contributed by atoms with E-state index in [-0.39, 0.29) is 6.42 Å². The fourth-order valence-corrected chi connectivity index (χ4v) is 2.03. The van der Waals surface area contributed by atoms with E-state index in [2.05, 4.69) is 9.97 Å². The predicted molar refractivity (Wildman–Crippen MR) is 63.8 cm³/mol.